The molecule has 3 rings (SSSR count). The zero-order chi connectivity index (χ0) is 60.6. The van der Waals surface area contributed by atoms with Crippen molar-refractivity contribution in [3.63, 3.8) is 0 Å². The van der Waals surface area contributed by atoms with Gasteiger partial charge in [0.05, 0.1) is 6.54 Å². The van der Waals surface area contributed by atoms with Crippen LogP contribution in [-0.2, 0) is 59.1 Å². The summed E-state index contributed by atoms with van der Waals surface area (Å²) < 4.78 is 5.82. The Hall–Kier alpha value is -6.97. The van der Waals surface area contributed by atoms with Crippen molar-refractivity contribution in [3.8, 4) is 5.75 Å². The predicted octanol–water partition coefficient (Wildman–Crippen LogP) is 3.24. The predicted molar refractivity (Wildman–Crippen MR) is 298 cm³/mol. The highest BCUT2D eigenvalue weighted by Crippen LogP contribution is 2.26. The number of phenols is 1. The van der Waals surface area contributed by atoms with Gasteiger partial charge < -0.3 is 55.2 Å². The van der Waals surface area contributed by atoms with Crippen LogP contribution in [0.3, 0.4) is 0 Å². The Morgan fingerprint density at radius 1 is 0.650 bits per heavy atom. The number of azide groups is 1. The Labute approximate surface area is 472 Å². The van der Waals surface area contributed by atoms with Crippen LogP contribution in [0.4, 0.5) is 0 Å². The number of esters is 1. The molecule has 1 aromatic carbocycles. The molecule has 24 heteroatoms. The van der Waals surface area contributed by atoms with Crippen LogP contribution >= 0.6 is 0 Å². The number of benzene rings is 1. The smallest absolute Gasteiger partial charge is 0.329 e. The molecule has 0 saturated carbocycles. The quantitative estimate of drug-likeness (QED) is 0.102. The number of carbonyl (C=O) groups is 10. The molecule has 446 valence electrons. The minimum Gasteiger partial charge on any atom is -0.508 e. The topological polar surface area (TPSA) is 304 Å². The first-order chi connectivity index (χ1) is 37.5. The monoisotopic (exact) mass is 1120 g/mol. The van der Waals surface area contributed by atoms with Crippen molar-refractivity contribution in [2.45, 2.75) is 176 Å². The van der Waals surface area contributed by atoms with Gasteiger partial charge in [-0.1, -0.05) is 99.3 Å². The Morgan fingerprint density at radius 2 is 1.19 bits per heavy atom. The van der Waals surface area contributed by atoms with Crippen LogP contribution in [0, 0.1) is 29.6 Å². The van der Waals surface area contributed by atoms with Gasteiger partial charge in [0.1, 0.15) is 54.1 Å². The number of rotatable bonds is 12. The fourth-order valence-electron chi connectivity index (χ4n) is 10.7. The van der Waals surface area contributed by atoms with Crippen LogP contribution in [-0.4, -0.2) is 203 Å². The maximum Gasteiger partial charge on any atom is 0.329 e. The number of likely N-dealkylation sites (N-methyl/N-ethyl adjacent to an activating group) is 5. The first kappa shape index (κ1) is 67.3. The number of hydrogen-bond acceptors (Lipinski definition) is 13. The standard InChI is InChI=1S/C56H90N12O12/c1-17-34(9)46-48(71)58-30-42(70)64(13)44(32(5)6)49(72)60-39(29-37-22-24-38(69)25-23-37)56(79)80-36(11)51(74)68-28-20-19-21-41(68)53(76)65(14)45(33(7)8)50(73)61-43(31(3)4)54(77)63(12)40(26-27-59-62-57)52(75)67(16)47(35(10)18-2)55(78)66(46)15/h22-25,31-36,39-41,43-47,69H,17-21,26-30H2,1-16H3,(H,58,71)(H,60,72)(H,61,73)/t34?,35?,36-,39+,40+,41+,43+,44+,45+,46+,47+/m1/s1. The second-order valence-electron chi connectivity index (χ2n) is 22.6. The molecule has 1 aromatic rings. The highest BCUT2D eigenvalue weighted by atomic mass is 16.5. The van der Waals surface area contributed by atoms with Crippen molar-refractivity contribution < 1.29 is 57.8 Å². The average molecular weight is 1120 g/mol. The molecule has 0 bridgehead atoms. The number of phenolic OH excluding ortho intramolecular Hbond substituents is 1. The lowest BCUT2D eigenvalue weighted by molar-refractivity contribution is -0.165. The van der Waals surface area contributed by atoms with E-state index in [1.54, 1.807) is 67.5 Å². The molecule has 0 spiro atoms. The third kappa shape index (κ3) is 16.8. The molecule has 11 atom stereocenters. The van der Waals surface area contributed by atoms with Gasteiger partial charge in [0.2, 0.25) is 47.3 Å². The molecule has 2 fully saturated rings. The van der Waals surface area contributed by atoms with Gasteiger partial charge in [-0.15, -0.1) is 0 Å². The summed E-state index contributed by atoms with van der Waals surface area (Å²) in [5.74, 6) is -9.84. The second kappa shape index (κ2) is 30.6. The number of cyclic esters (lactones) is 1. The zero-order valence-electron chi connectivity index (χ0n) is 49.9. The number of aromatic hydroxyl groups is 1. The minimum atomic E-state index is -1.48. The number of hydrogen-bond donors (Lipinski definition) is 4. The number of nitrogens with zero attached hydrogens (tertiary/aromatic N) is 9. The van der Waals surface area contributed by atoms with Crippen LogP contribution in [0.2, 0.25) is 0 Å². The van der Waals surface area contributed by atoms with E-state index in [9.17, 15) is 58.6 Å². The van der Waals surface area contributed by atoms with E-state index in [1.807, 2.05) is 13.8 Å². The molecule has 0 aliphatic carbocycles. The summed E-state index contributed by atoms with van der Waals surface area (Å²) >= 11 is 0. The summed E-state index contributed by atoms with van der Waals surface area (Å²) in [6.45, 7) is 18.0. The summed E-state index contributed by atoms with van der Waals surface area (Å²) in [5.41, 5.74) is 9.75. The Kier molecular flexibility index (Phi) is 25.7. The number of carbonyl (C=O) groups excluding carboxylic acids is 10. The lowest BCUT2D eigenvalue weighted by Crippen LogP contribution is -2.63. The summed E-state index contributed by atoms with van der Waals surface area (Å²) in [6, 6.07) is -4.02. The number of amides is 9. The minimum absolute atomic E-state index is 0.0509. The molecule has 0 radical (unpaired) electrons. The summed E-state index contributed by atoms with van der Waals surface area (Å²) in [6.07, 6.45) is 0.260. The summed E-state index contributed by atoms with van der Waals surface area (Å²) in [4.78, 5) is 156. The molecule has 2 saturated heterocycles. The third-order valence-corrected chi connectivity index (χ3v) is 15.8. The highest BCUT2D eigenvalue weighted by Gasteiger charge is 2.45. The van der Waals surface area contributed by atoms with Crippen molar-refractivity contribution >= 4 is 59.1 Å². The number of nitrogens with one attached hydrogen (secondary N) is 3. The van der Waals surface area contributed by atoms with Gasteiger partial charge in [-0.05, 0) is 85.4 Å². The molecule has 24 nitrogen and oxygen atoms in total. The first-order valence-electron chi connectivity index (χ1n) is 28.0. The van der Waals surface area contributed by atoms with Gasteiger partial charge in [-0.3, -0.25) is 43.2 Å². The normalized spacial score (nSPS) is 26.7. The van der Waals surface area contributed by atoms with E-state index in [0.29, 0.717) is 31.2 Å². The number of fused-ring (bicyclic) bond motifs is 1. The van der Waals surface area contributed by atoms with Gasteiger partial charge in [-0.25, -0.2) is 4.79 Å². The molecule has 2 unspecified atom stereocenters. The summed E-state index contributed by atoms with van der Waals surface area (Å²) in [7, 11) is 7.04. The molecule has 2 aliphatic rings. The van der Waals surface area contributed by atoms with Crippen molar-refractivity contribution in [3.05, 3.63) is 40.3 Å². The lowest BCUT2D eigenvalue weighted by Gasteiger charge is -2.41. The maximum atomic E-state index is 15.0. The van der Waals surface area contributed by atoms with E-state index in [0.717, 1.165) is 9.80 Å². The van der Waals surface area contributed by atoms with E-state index in [2.05, 4.69) is 26.0 Å². The molecule has 0 aromatic heterocycles. The Bertz CT molecular complexity index is 2410. The van der Waals surface area contributed by atoms with Crippen molar-refractivity contribution in [2.24, 2.45) is 34.7 Å². The van der Waals surface area contributed by atoms with Gasteiger partial charge in [0, 0.05) is 59.7 Å². The van der Waals surface area contributed by atoms with Crippen LogP contribution in [0.15, 0.2) is 29.4 Å². The van der Waals surface area contributed by atoms with Gasteiger partial charge >= 0.3 is 5.97 Å². The van der Waals surface area contributed by atoms with E-state index < -0.39 is 150 Å². The maximum absolute atomic E-state index is 15.0. The fourth-order valence-corrected chi connectivity index (χ4v) is 10.7. The van der Waals surface area contributed by atoms with E-state index in [1.165, 1.54) is 73.9 Å². The van der Waals surface area contributed by atoms with Crippen LogP contribution < -0.4 is 16.0 Å². The zero-order valence-corrected chi connectivity index (χ0v) is 49.9. The highest BCUT2D eigenvalue weighted by molar-refractivity contribution is 5.99. The molecular formula is C56H90N12O12. The Balaban J connectivity index is 2.28. The van der Waals surface area contributed by atoms with Crippen LogP contribution in [0.1, 0.15) is 120 Å². The van der Waals surface area contributed by atoms with Gasteiger partial charge in [0.25, 0.3) is 5.91 Å². The largest absolute Gasteiger partial charge is 0.508 e. The van der Waals surface area contributed by atoms with Crippen LogP contribution in [0.25, 0.3) is 10.4 Å². The fraction of sp³-hybridized carbons (Fsp3) is 0.714. The average Bonchev–Trinajstić information content (AvgIpc) is 3.41. The molecule has 80 heavy (non-hydrogen) atoms. The van der Waals surface area contributed by atoms with Gasteiger partial charge in [-0.2, -0.15) is 0 Å². The molecule has 2 heterocycles. The van der Waals surface area contributed by atoms with E-state index in [4.69, 9.17) is 4.74 Å². The first-order valence-corrected chi connectivity index (χ1v) is 28.0. The molecule has 4 N–H and O–H groups in total. The summed E-state index contributed by atoms with van der Waals surface area (Å²) in [5, 5.41) is 21.9. The van der Waals surface area contributed by atoms with Gasteiger partial charge in [0.15, 0.2) is 6.10 Å². The van der Waals surface area contributed by atoms with E-state index in [-0.39, 0.29) is 38.1 Å². The second-order valence-corrected chi connectivity index (χ2v) is 22.6. The van der Waals surface area contributed by atoms with E-state index >= 15 is 0 Å². The lowest BCUT2D eigenvalue weighted by atomic mass is 9.92. The molecular weight excluding hydrogens is 1030 g/mol. The number of ether oxygens (including phenoxy) is 1. The third-order valence-electron chi connectivity index (χ3n) is 15.8. The van der Waals surface area contributed by atoms with Crippen LogP contribution in [0.5, 0.6) is 5.75 Å². The van der Waals surface area contributed by atoms with Crippen molar-refractivity contribution in [1.82, 2.24) is 45.3 Å². The Morgan fingerprint density at radius 3 is 1.74 bits per heavy atom. The number of piperidine rings is 1. The van der Waals surface area contributed by atoms with Crippen molar-refractivity contribution in [1.29, 1.82) is 0 Å². The van der Waals surface area contributed by atoms with Crippen molar-refractivity contribution in [2.75, 3.05) is 54.9 Å². The molecule has 2 aliphatic heterocycles. The molecule has 9 amide bonds. The SMILES string of the molecule is CCC(C)[C@H]1C(=O)NCC(=O)N(C)[C@@H](C(C)C)C(=O)N[C@@H](Cc2ccc(O)cc2)C(=O)O[C@H](C)C(=O)N2CCCC[C@H]2C(=O)N(C)[C@@H](C(C)C)C(=O)N[C@@H](C(C)C)C(=O)N(C)[C@@H](CCN=[N+]=[N-])C(=O)N(C)[C@@H](C(C)CC)C(=O)N1C.